The fraction of sp³-hybridized carbons (Fsp3) is 0.400. The lowest BCUT2D eigenvalue weighted by Crippen LogP contribution is -2.45. The van der Waals surface area contributed by atoms with Crippen molar-refractivity contribution in [2.75, 3.05) is 37.7 Å². The Bertz CT molecular complexity index is 1200. The molecule has 1 unspecified atom stereocenters. The van der Waals surface area contributed by atoms with Gasteiger partial charge in [0.2, 0.25) is 0 Å². The summed E-state index contributed by atoms with van der Waals surface area (Å²) in [7, 11) is -3.07. The summed E-state index contributed by atoms with van der Waals surface area (Å²) in [6, 6.07) is 3.03. The van der Waals surface area contributed by atoms with Crippen LogP contribution in [0.2, 0.25) is 5.02 Å². The predicted octanol–water partition coefficient (Wildman–Crippen LogP) is 1.97. The second kappa shape index (κ2) is 9.84. The lowest BCUT2D eigenvalue weighted by atomic mass is 9.95. The van der Waals surface area contributed by atoms with Crippen molar-refractivity contribution < 1.29 is 22.3 Å². The lowest BCUT2D eigenvalue weighted by Gasteiger charge is -2.32. The molecule has 1 saturated heterocycles. The van der Waals surface area contributed by atoms with Crippen LogP contribution in [-0.2, 0) is 19.4 Å². The normalized spacial score (nSPS) is 20.8. The molecule has 13 heteroatoms. The van der Waals surface area contributed by atoms with E-state index in [1.807, 2.05) is 4.90 Å². The Kier molecular flexibility index (Phi) is 7.07. The molecule has 1 atom stereocenters. The van der Waals surface area contributed by atoms with E-state index >= 15 is 0 Å². The number of amidine groups is 1. The molecule has 0 spiro atoms. The van der Waals surface area contributed by atoms with Gasteiger partial charge in [-0.25, -0.2) is 17.6 Å². The standard InChI is InChI=1S/C20H21ClFN5O4S2/c1-2-31-20(28)16-15(10-27-5-7-33(29,30)8-6-27)24-18(19-26-23-11-32-19)25-17(16)13-4-3-12(22)9-14(13)21/h3-4,9,11,17H,2,5-8,10H2,1H3,(H,24,25). The zero-order valence-electron chi connectivity index (χ0n) is 17.6. The van der Waals surface area contributed by atoms with Crippen LogP contribution in [0.3, 0.4) is 0 Å². The van der Waals surface area contributed by atoms with Crippen molar-refractivity contribution in [3.05, 3.63) is 56.4 Å². The van der Waals surface area contributed by atoms with Crippen LogP contribution in [0.25, 0.3) is 0 Å². The average Bonchev–Trinajstić information content (AvgIpc) is 3.30. The van der Waals surface area contributed by atoms with E-state index in [2.05, 4.69) is 20.5 Å². The smallest absolute Gasteiger partial charge is 0.338 e. The van der Waals surface area contributed by atoms with Gasteiger partial charge < -0.3 is 10.1 Å². The second-order valence-electron chi connectivity index (χ2n) is 7.46. The van der Waals surface area contributed by atoms with Crippen LogP contribution in [0.1, 0.15) is 23.5 Å². The van der Waals surface area contributed by atoms with Crippen molar-refractivity contribution in [2.24, 2.45) is 4.99 Å². The Balaban J connectivity index is 1.79. The molecule has 2 aliphatic rings. The van der Waals surface area contributed by atoms with E-state index in [4.69, 9.17) is 16.3 Å². The highest BCUT2D eigenvalue weighted by atomic mass is 35.5. The maximum atomic E-state index is 13.7. The summed E-state index contributed by atoms with van der Waals surface area (Å²) >= 11 is 7.61. The maximum absolute atomic E-state index is 13.7. The number of esters is 1. The van der Waals surface area contributed by atoms with E-state index in [1.165, 1.54) is 23.5 Å². The molecule has 1 aromatic carbocycles. The SMILES string of the molecule is CCOC(=O)C1=C(CN2CCS(=O)(=O)CC2)NC(c2nncs2)=NC1c1ccc(F)cc1Cl. The summed E-state index contributed by atoms with van der Waals surface area (Å²) in [5.74, 6) is -0.632. The summed E-state index contributed by atoms with van der Waals surface area (Å²) < 4.78 is 42.7. The number of carbonyl (C=O) groups is 1. The van der Waals surface area contributed by atoms with E-state index in [9.17, 15) is 17.6 Å². The second-order valence-corrected chi connectivity index (χ2v) is 11.0. The van der Waals surface area contributed by atoms with Crippen LogP contribution >= 0.6 is 22.9 Å². The van der Waals surface area contributed by atoms with Gasteiger partial charge in [0.1, 0.15) is 17.4 Å². The number of nitrogens with one attached hydrogen (secondary N) is 1. The Morgan fingerprint density at radius 1 is 1.36 bits per heavy atom. The molecule has 0 bridgehead atoms. The number of benzene rings is 1. The zero-order chi connectivity index (χ0) is 23.6. The maximum Gasteiger partial charge on any atom is 0.338 e. The van der Waals surface area contributed by atoms with Crippen molar-refractivity contribution in [2.45, 2.75) is 13.0 Å². The highest BCUT2D eigenvalue weighted by Crippen LogP contribution is 2.36. The molecule has 0 amide bonds. The van der Waals surface area contributed by atoms with E-state index in [-0.39, 0.29) is 35.3 Å². The fourth-order valence-corrected chi connectivity index (χ4v) is 5.69. The van der Waals surface area contributed by atoms with Gasteiger partial charge in [-0.3, -0.25) is 9.89 Å². The van der Waals surface area contributed by atoms with Gasteiger partial charge in [-0.15, -0.1) is 10.2 Å². The number of sulfone groups is 1. The third kappa shape index (κ3) is 5.40. The number of ether oxygens (including phenoxy) is 1. The van der Waals surface area contributed by atoms with Crippen molar-refractivity contribution in [3.63, 3.8) is 0 Å². The Labute approximate surface area is 199 Å². The minimum atomic E-state index is -3.07. The Hall–Kier alpha value is -2.41. The molecule has 3 heterocycles. The summed E-state index contributed by atoms with van der Waals surface area (Å²) in [5, 5.41) is 11.7. The third-order valence-electron chi connectivity index (χ3n) is 5.26. The van der Waals surface area contributed by atoms with Gasteiger partial charge in [-0.05, 0) is 19.1 Å². The highest BCUT2D eigenvalue weighted by molar-refractivity contribution is 7.91. The Morgan fingerprint density at radius 2 is 2.12 bits per heavy atom. The molecule has 2 aliphatic heterocycles. The van der Waals surface area contributed by atoms with Gasteiger partial charge in [0.15, 0.2) is 20.7 Å². The molecule has 1 N–H and O–H groups in total. The summed E-state index contributed by atoms with van der Waals surface area (Å²) in [5.41, 5.74) is 2.72. The monoisotopic (exact) mass is 513 g/mol. The first-order valence-electron chi connectivity index (χ1n) is 10.2. The van der Waals surface area contributed by atoms with E-state index in [0.29, 0.717) is 35.2 Å². The molecule has 0 radical (unpaired) electrons. The van der Waals surface area contributed by atoms with E-state index in [1.54, 1.807) is 12.4 Å². The molecule has 1 aromatic heterocycles. The van der Waals surface area contributed by atoms with Gasteiger partial charge in [-0.1, -0.05) is 29.0 Å². The number of nitrogens with zero attached hydrogens (tertiary/aromatic N) is 4. The van der Waals surface area contributed by atoms with Crippen molar-refractivity contribution in [1.82, 2.24) is 20.4 Å². The molecule has 4 rings (SSSR count). The van der Waals surface area contributed by atoms with Crippen molar-refractivity contribution >= 4 is 44.6 Å². The van der Waals surface area contributed by atoms with Gasteiger partial charge in [0, 0.05) is 35.9 Å². The first-order chi connectivity index (χ1) is 15.8. The number of hydrogen-bond acceptors (Lipinski definition) is 10. The molecular formula is C20H21ClFN5O4S2. The van der Waals surface area contributed by atoms with Gasteiger partial charge in [-0.2, -0.15) is 0 Å². The Morgan fingerprint density at radius 3 is 2.76 bits per heavy atom. The highest BCUT2D eigenvalue weighted by Gasteiger charge is 2.35. The minimum Gasteiger partial charge on any atom is -0.463 e. The molecule has 176 valence electrons. The number of hydrogen-bond donors (Lipinski definition) is 1. The first kappa shape index (κ1) is 23.7. The average molecular weight is 514 g/mol. The van der Waals surface area contributed by atoms with Gasteiger partial charge in [0.25, 0.3) is 0 Å². The molecular weight excluding hydrogens is 493 g/mol. The molecule has 0 saturated carbocycles. The number of aromatic nitrogens is 2. The first-order valence-corrected chi connectivity index (χ1v) is 13.2. The molecule has 33 heavy (non-hydrogen) atoms. The summed E-state index contributed by atoms with van der Waals surface area (Å²) in [6.07, 6.45) is 0. The van der Waals surface area contributed by atoms with Crippen LogP contribution in [0, 0.1) is 5.82 Å². The number of rotatable bonds is 6. The zero-order valence-corrected chi connectivity index (χ0v) is 20.0. The van der Waals surface area contributed by atoms with Crippen molar-refractivity contribution in [1.29, 1.82) is 0 Å². The molecule has 2 aromatic rings. The summed E-state index contributed by atoms with van der Waals surface area (Å²) in [4.78, 5) is 19.7. The third-order valence-corrected chi connectivity index (χ3v) is 7.89. The van der Waals surface area contributed by atoms with E-state index < -0.39 is 27.7 Å². The lowest BCUT2D eigenvalue weighted by molar-refractivity contribution is -0.139. The van der Waals surface area contributed by atoms with Crippen LogP contribution in [0.15, 0.2) is 40.0 Å². The van der Waals surface area contributed by atoms with Crippen molar-refractivity contribution in [3.8, 4) is 0 Å². The van der Waals surface area contributed by atoms with Gasteiger partial charge in [0.05, 0.1) is 23.7 Å². The van der Waals surface area contributed by atoms with Crippen LogP contribution in [0.5, 0.6) is 0 Å². The van der Waals surface area contributed by atoms with E-state index in [0.717, 1.165) is 6.07 Å². The number of halogens is 2. The quantitative estimate of drug-likeness (QED) is 0.583. The topological polar surface area (TPSA) is 114 Å². The largest absolute Gasteiger partial charge is 0.463 e. The molecule has 0 aliphatic carbocycles. The fourth-order valence-electron chi connectivity index (χ4n) is 3.63. The molecule has 9 nitrogen and oxygen atoms in total. The van der Waals surface area contributed by atoms with Crippen LogP contribution in [0.4, 0.5) is 4.39 Å². The predicted molar refractivity (Wildman–Crippen MR) is 122 cm³/mol. The minimum absolute atomic E-state index is 0.0413. The molecule has 1 fully saturated rings. The van der Waals surface area contributed by atoms with Crippen LogP contribution < -0.4 is 5.32 Å². The number of aliphatic imine (C=N–C) groups is 1. The van der Waals surface area contributed by atoms with Gasteiger partial charge >= 0.3 is 5.97 Å². The number of carbonyl (C=O) groups excluding carboxylic acids is 1. The van der Waals surface area contributed by atoms with Crippen LogP contribution in [-0.4, -0.2) is 73.1 Å². The summed E-state index contributed by atoms with van der Waals surface area (Å²) in [6.45, 7) is 2.76.